The summed E-state index contributed by atoms with van der Waals surface area (Å²) in [5.74, 6) is 1.31. The zero-order valence-electron chi connectivity index (χ0n) is 7.49. The zero-order chi connectivity index (χ0) is 8.72. The minimum Gasteiger partial charge on any atom is -0.338 e. The van der Waals surface area contributed by atoms with Crippen LogP contribution < -0.4 is 5.73 Å². The molecule has 1 aliphatic carbocycles. The monoisotopic (exact) mass is 168 g/mol. The molecule has 0 aromatic carbocycles. The molecule has 0 aromatic rings. The van der Waals surface area contributed by atoms with Gasteiger partial charge < -0.3 is 10.6 Å². The van der Waals surface area contributed by atoms with Crippen molar-refractivity contribution in [2.75, 3.05) is 13.1 Å². The first kappa shape index (κ1) is 8.05. The number of carbonyl (C=O) groups is 1. The first-order valence-corrected chi connectivity index (χ1v) is 4.74. The Bertz CT molecular complexity index is 203. The van der Waals surface area contributed by atoms with Crippen LogP contribution in [0.1, 0.15) is 19.8 Å². The quantitative estimate of drug-likeness (QED) is 0.640. The molecule has 12 heavy (non-hydrogen) atoms. The molecule has 1 saturated carbocycles. The normalized spacial score (nSPS) is 39.2. The summed E-state index contributed by atoms with van der Waals surface area (Å²) >= 11 is 0. The molecule has 1 amide bonds. The Morgan fingerprint density at radius 1 is 1.67 bits per heavy atom. The van der Waals surface area contributed by atoms with Crippen molar-refractivity contribution in [3.8, 4) is 0 Å². The van der Waals surface area contributed by atoms with Gasteiger partial charge in [0, 0.05) is 25.0 Å². The van der Waals surface area contributed by atoms with E-state index in [2.05, 4.69) is 6.92 Å². The van der Waals surface area contributed by atoms with Crippen LogP contribution >= 0.6 is 0 Å². The number of nitrogens with two attached hydrogens (primary N) is 1. The number of carbonyl (C=O) groups excluding carboxylic acids is 1. The van der Waals surface area contributed by atoms with E-state index < -0.39 is 0 Å². The standard InChI is InChI=1S/C9H16N2O/c1-6-4-8(6)9(12)11-3-2-7(11)5-10/h6-8H,2-5,10H2,1H3/t6-,7-,8+/m0/s1. The molecule has 1 aliphatic heterocycles. The van der Waals surface area contributed by atoms with Crippen molar-refractivity contribution in [3.05, 3.63) is 0 Å². The molecule has 1 saturated heterocycles. The average molecular weight is 168 g/mol. The maximum absolute atomic E-state index is 11.6. The lowest BCUT2D eigenvalue weighted by Gasteiger charge is -2.40. The molecule has 2 fully saturated rings. The van der Waals surface area contributed by atoms with Crippen LogP contribution in [0.15, 0.2) is 0 Å². The van der Waals surface area contributed by atoms with Crippen molar-refractivity contribution in [2.45, 2.75) is 25.8 Å². The van der Waals surface area contributed by atoms with Crippen LogP contribution in [0.3, 0.4) is 0 Å². The molecule has 2 rings (SSSR count). The lowest BCUT2D eigenvalue weighted by molar-refractivity contribution is -0.140. The summed E-state index contributed by atoms with van der Waals surface area (Å²) in [4.78, 5) is 13.6. The number of hydrogen-bond donors (Lipinski definition) is 1. The predicted molar refractivity (Wildman–Crippen MR) is 46.4 cm³/mol. The van der Waals surface area contributed by atoms with Crippen molar-refractivity contribution in [2.24, 2.45) is 17.6 Å². The van der Waals surface area contributed by atoms with E-state index >= 15 is 0 Å². The summed E-state index contributed by atoms with van der Waals surface area (Å²) in [6.45, 7) is 3.70. The lowest BCUT2D eigenvalue weighted by atomic mass is 10.0. The molecule has 68 valence electrons. The average Bonchev–Trinajstić information content (AvgIpc) is 2.65. The fraction of sp³-hybridized carbons (Fsp3) is 0.889. The van der Waals surface area contributed by atoms with Crippen molar-refractivity contribution in [1.82, 2.24) is 4.90 Å². The largest absolute Gasteiger partial charge is 0.338 e. The summed E-state index contributed by atoms with van der Waals surface area (Å²) in [6, 6.07) is 0.352. The van der Waals surface area contributed by atoms with Crippen LogP contribution in [0.5, 0.6) is 0 Å². The summed E-state index contributed by atoms with van der Waals surface area (Å²) in [7, 11) is 0. The SMILES string of the molecule is C[C@H]1C[C@H]1C(=O)N1CC[C@H]1CN. The minimum absolute atomic E-state index is 0.333. The predicted octanol–water partition coefficient (Wildman–Crippen LogP) is 0.202. The second-order valence-corrected chi connectivity index (χ2v) is 4.03. The van der Waals surface area contributed by atoms with E-state index in [1.807, 2.05) is 4.90 Å². The van der Waals surface area contributed by atoms with Crippen molar-refractivity contribution in [1.29, 1.82) is 0 Å². The van der Waals surface area contributed by atoms with E-state index in [0.717, 1.165) is 19.4 Å². The Labute approximate surface area is 72.9 Å². The van der Waals surface area contributed by atoms with E-state index in [4.69, 9.17) is 5.73 Å². The van der Waals surface area contributed by atoms with E-state index in [0.29, 0.717) is 30.3 Å². The molecule has 2 N–H and O–H groups in total. The number of amides is 1. The Kier molecular flexibility index (Phi) is 1.83. The zero-order valence-corrected chi connectivity index (χ0v) is 7.49. The molecule has 3 atom stereocenters. The van der Waals surface area contributed by atoms with Gasteiger partial charge in [0.15, 0.2) is 0 Å². The fourth-order valence-corrected chi connectivity index (χ4v) is 1.86. The minimum atomic E-state index is 0.333. The van der Waals surface area contributed by atoms with Gasteiger partial charge in [-0.15, -0.1) is 0 Å². The van der Waals surface area contributed by atoms with Crippen LogP contribution in [0.2, 0.25) is 0 Å². The van der Waals surface area contributed by atoms with Crippen LogP contribution in [-0.4, -0.2) is 29.9 Å². The van der Waals surface area contributed by atoms with Gasteiger partial charge in [0.25, 0.3) is 0 Å². The molecule has 0 unspecified atom stereocenters. The van der Waals surface area contributed by atoms with E-state index in [1.54, 1.807) is 0 Å². The first-order chi connectivity index (χ1) is 5.74. The molecule has 3 heteroatoms. The third kappa shape index (κ3) is 1.12. The molecule has 0 radical (unpaired) electrons. The van der Waals surface area contributed by atoms with Gasteiger partial charge in [0.1, 0.15) is 0 Å². The number of hydrogen-bond acceptors (Lipinski definition) is 2. The third-order valence-electron chi connectivity index (χ3n) is 3.13. The van der Waals surface area contributed by atoms with Gasteiger partial charge in [-0.1, -0.05) is 6.92 Å². The van der Waals surface area contributed by atoms with E-state index in [9.17, 15) is 4.79 Å². The summed E-state index contributed by atoms with van der Waals surface area (Å²) < 4.78 is 0. The maximum Gasteiger partial charge on any atom is 0.226 e. The van der Waals surface area contributed by atoms with Crippen molar-refractivity contribution in [3.63, 3.8) is 0 Å². The smallest absolute Gasteiger partial charge is 0.226 e. The van der Waals surface area contributed by atoms with Gasteiger partial charge in [0.2, 0.25) is 5.91 Å². The Balaban J connectivity index is 1.88. The van der Waals surface area contributed by atoms with Gasteiger partial charge in [-0.2, -0.15) is 0 Å². The van der Waals surface area contributed by atoms with Gasteiger partial charge >= 0.3 is 0 Å². The Morgan fingerprint density at radius 3 is 2.67 bits per heavy atom. The molecule has 1 heterocycles. The highest BCUT2D eigenvalue weighted by Crippen LogP contribution is 2.40. The summed E-state index contributed by atoms with van der Waals surface area (Å²) in [6.07, 6.45) is 2.19. The van der Waals surface area contributed by atoms with Crippen LogP contribution in [0.4, 0.5) is 0 Å². The van der Waals surface area contributed by atoms with E-state index in [-0.39, 0.29) is 0 Å². The molecule has 0 bridgehead atoms. The highest BCUT2D eigenvalue weighted by Gasteiger charge is 2.44. The van der Waals surface area contributed by atoms with Gasteiger partial charge in [-0.25, -0.2) is 0 Å². The number of likely N-dealkylation sites (tertiary alicyclic amines) is 1. The van der Waals surface area contributed by atoms with Gasteiger partial charge in [-0.3, -0.25) is 4.79 Å². The van der Waals surface area contributed by atoms with Crippen LogP contribution in [0, 0.1) is 11.8 Å². The molecular formula is C9H16N2O. The number of nitrogens with zero attached hydrogens (tertiary/aromatic N) is 1. The van der Waals surface area contributed by atoms with Crippen LogP contribution in [-0.2, 0) is 4.79 Å². The summed E-state index contributed by atoms with van der Waals surface area (Å²) in [5, 5.41) is 0. The maximum atomic E-state index is 11.6. The highest BCUT2D eigenvalue weighted by atomic mass is 16.2. The molecule has 2 aliphatic rings. The third-order valence-corrected chi connectivity index (χ3v) is 3.13. The Morgan fingerprint density at radius 2 is 2.33 bits per heavy atom. The second-order valence-electron chi connectivity index (χ2n) is 4.03. The second kappa shape index (κ2) is 2.73. The van der Waals surface area contributed by atoms with Gasteiger partial charge in [0.05, 0.1) is 0 Å². The van der Waals surface area contributed by atoms with Crippen molar-refractivity contribution >= 4 is 5.91 Å². The highest BCUT2D eigenvalue weighted by molar-refractivity contribution is 5.82. The fourth-order valence-electron chi connectivity index (χ4n) is 1.86. The molecule has 0 aromatic heterocycles. The van der Waals surface area contributed by atoms with E-state index in [1.165, 1.54) is 0 Å². The van der Waals surface area contributed by atoms with Gasteiger partial charge in [-0.05, 0) is 18.8 Å². The molecule has 0 spiro atoms. The van der Waals surface area contributed by atoms with Crippen molar-refractivity contribution < 1.29 is 4.79 Å². The lowest BCUT2D eigenvalue weighted by Crippen LogP contribution is -2.55. The molecule has 3 nitrogen and oxygen atoms in total. The topological polar surface area (TPSA) is 46.3 Å². The first-order valence-electron chi connectivity index (χ1n) is 4.74. The molecular weight excluding hydrogens is 152 g/mol. The summed E-state index contributed by atoms with van der Waals surface area (Å²) in [5.41, 5.74) is 5.52. The Hall–Kier alpha value is -0.570. The van der Waals surface area contributed by atoms with Crippen LogP contribution in [0.25, 0.3) is 0 Å². The number of rotatable bonds is 2.